The zero-order chi connectivity index (χ0) is 19.3. The van der Waals surface area contributed by atoms with Gasteiger partial charge in [-0.2, -0.15) is 8.42 Å². The fourth-order valence-corrected chi connectivity index (χ4v) is 2.66. The topological polar surface area (TPSA) is 152 Å². The van der Waals surface area contributed by atoms with Gasteiger partial charge in [0.15, 0.2) is 0 Å². The molecule has 0 aliphatic carbocycles. The fourth-order valence-electron chi connectivity index (χ4n) is 1.80. The van der Waals surface area contributed by atoms with Crippen molar-refractivity contribution in [2.75, 3.05) is 0 Å². The first-order chi connectivity index (χ1) is 12.2. The molecule has 0 bridgehead atoms. The quantitative estimate of drug-likeness (QED) is 0.336. The van der Waals surface area contributed by atoms with Crippen LogP contribution < -0.4 is 5.73 Å². The summed E-state index contributed by atoms with van der Waals surface area (Å²) in [6.07, 6.45) is 1.08. The second-order valence-electron chi connectivity index (χ2n) is 5.10. The summed E-state index contributed by atoms with van der Waals surface area (Å²) in [6.45, 7) is 1.79. The average Bonchev–Trinajstić information content (AvgIpc) is 2.59. The number of hydroxylamine groups is 1. The molecule has 0 saturated heterocycles. The minimum absolute atomic E-state index is 0.139. The lowest BCUT2D eigenvalue weighted by Crippen LogP contribution is -2.34. The van der Waals surface area contributed by atoms with Crippen LogP contribution in [0, 0.1) is 22.4 Å². The molecule has 2 rings (SSSR count). The van der Waals surface area contributed by atoms with Crippen LogP contribution in [0.5, 0.6) is 0 Å². The number of nitrogens with zero attached hydrogens (tertiary/aromatic N) is 3. The Kier molecular flexibility index (Phi) is 5.64. The van der Waals surface area contributed by atoms with Gasteiger partial charge in [-0.05, 0) is 19.1 Å². The second-order valence-corrected chi connectivity index (χ2v) is 6.63. The number of non-ortho nitro benzene ring substituents is 1. The standard InChI is InChI=1S/C15H15N5O5S/c1-11-5-7-14(8-6-11)26(23,24)25-19(15(16)17)18-10-12-3-2-4-13(9-12)20(21)22/h2-10H,1H3,(H3,16,17). The van der Waals surface area contributed by atoms with Crippen LogP contribution in [0.1, 0.15) is 11.1 Å². The Balaban J connectivity index is 2.24. The number of nitro groups is 1. The molecule has 0 spiro atoms. The molecule has 3 N–H and O–H groups in total. The van der Waals surface area contributed by atoms with Crippen molar-refractivity contribution in [3.63, 3.8) is 0 Å². The summed E-state index contributed by atoms with van der Waals surface area (Å²) in [5.74, 6) is -0.789. The summed E-state index contributed by atoms with van der Waals surface area (Å²) in [4.78, 5) is 10.0. The van der Waals surface area contributed by atoms with Crippen molar-refractivity contribution in [3.8, 4) is 0 Å². The predicted molar refractivity (Wildman–Crippen MR) is 93.9 cm³/mol. The van der Waals surface area contributed by atoms with Gasteiger partial charge in [-0.25, -0.2) is 0 Å². The summed E-state index contributed by atoms with van der Waals surface area (Å²) >= 11 is 0. The highest BCUT2D eigenvalue weighted by Crippen LogP contribution is 2.15. The van der Waals surface area contributed by atoms with Gasteiger partial charge in [-0.3, -0.25) is 15.5 Å². The first-order valence-corrected chi connectivity index (χ1v) is 8.54. The third-order valence-electron chi connectivity index (χ3n) is 3.08. The number of hydrogen-bond donors (Lipinski definition) is 2. The minimum Gasteiger partial charge on any atom is -0.367 e. The molecule has 2 aromatic rings. The van der Waals surface area contributed by atoms with Crippen LogP contribution in [-0.2, 0) is 14.4 Å². The highest BCUT2D eigenvalue weighted by Gasteiger charge is 2.21. The molecule has 10 nitrogen and oxygen atoms in total. The number of aryl methyl sites for hydroxylation is 1. The van der Waals surface area contributed by atoms with Gasteiger partial charge in [-0.1, -0.05) is 35.0 Å². The molecule has 0 radical (unpaired) electrons. The lowest BCUT2D eigenvalue weighted by Gasteiger charge is -2.15. The first-order valence-electron chi connectivity index (χ1n) is 7.13. The van der Waals surface area contributed by atoms with E-state index < -0.39 is 21.0 Å². The van der Waals surface area contributed by atoms with E-state index in [1.165, 1.54) is 36.4 Å². The largest absolute Gasteiger partial charge is 0.367 e. The molecule has 136 valence electrons. The number of guanidine groups is 1. The molecule has 26 heavy (non-hydrogen) atoms. The van der Waals surface area contributed by atoms with Crippen LogP contribution in [0.2, 0.25) is 0 Å². The minimum atomic E-state index is -4.26. The smallest absolute Gasteiger partial charge is 0.319 e. The zero-order valence-electron chi connectivity index (χ0n) is 13.6. The molecule has 2 aromatic carbocycles. The molecule has 0 atom stereocenters. The third-order valence-corrected chi connectivity index (χ3v) is 4.26. The zero-order valence-corrected chi connectivity index (χ0v) is 14.4. The van der Waals surface area contributed by atoms with E-state index in [-0.39, 0.29) is 10.6 Å². The van der Waals surface area contributed by atoms with E-state index in [2.05, 4.69) is 5.10 Å². The number of nitro benzene ring substituents is 1. The summed E-state index contributed by atoms with van der Waals surface area (Å²) in [6, 6.07) is 11.3. The fraction of sp³-hybridized carbons (Fsp3) is 0.0667. The number of hydrazone groups is 1. The highest BCUT2D eigenvalue weighted by atomic mass is 32.2. The molecule has 0 aromatic heterocycles. The van der Waals surface area contributed by atoms with Gasteiger partial charge in [0.05, 0.1) is 16.0 Å². The molecule has 0 heterocycles. The lowest BCUT2D eigenvalue weighted by atomic mass is 10.2. The Hall–Kier alpha value is -3.31. The predicted octanol–water partition coefficient (Wildman–Crippen LogP) is 1.75. The monoisotopic (exact) mass is 377 g/mol. The van der Waals surface area contributed by atoms with Crippen molar-refractivity contribution in [3.05, 3.63) is 69.8 Å². The number of nitrogens with one attached hydrogen (secondary N) is 1. The second kappa shape index (κ2) is 7.72. The van der Waals surface area contributed by atoms with Gasteiger partial charge < -0.3 is 5.73 Å². The van der Waals surface area contributed by atoms with Crippen LogP contribution in [0.15, 0.2) is 58.5 Å². The molecular weight excluding hydrogens is 362 g/mol. The van der Waals surface area contributed by atoms with E-state index in [0.717, 1.165) is 11.8 Å². The number of nitrogens with two attached hydrogens (primary N) is 1. The third kappa shape index (κ3) is 4.84. The van der Waals surface area contributed by atoms with E-state index in [4.69, 9.17) is 15.4 Å². The van der Waals surface area contributed by atoms with Crippen LogP contribution in [0.25, 0.3) is 0 Å². The Morgan fingerprint density at radius 3 is 2.54 bits per heavy atom. The summed E-state index contributed by atoms with van der Waals surface area (Å²) < 4.78 is 29.2. The lowest BCUT2D eigenvalue weighted by molar-refractivity contribution is -0.384. The summed E-state index contributed by atoms with van der Waals surface area (Å²) in [5.41, 5.74) is 6.27. The first kappa shape index (κ1) is 19.0. The molecule has 0 aliphatic rings. The van der Waals surface area contributed by atoms with E-state index in [0.29, 0.717) is 10.7 Å². The van der Waals surface area contributed by atoms with Crippen LogP contribution >= 0.6 is 0 Å². The van der Waals surface area contributed by atoms with Gasteiger partial charge >= 0.3 is 10.1 Å². The van der Waals surface area contributed by atoms with Gasteiger partial charge in [0.1, 0.15) is 0 Å². The molecule has 0 amide bonds. The maximum absolute atomic E-state index is 12.2. The maximum atomic E-state index is 12.2. The van der Waals surface area contributed by atoms with Gasteiger partial charge in [0, 0.05) is 17.7 Å². The van der Waals surface area contributed by atoms with E-state index in [9.17, 15) is 18.5 Å². The van der Waals surface area contributed by atoms with Crippen LogP contribution in [-0.4, -0.2) is 30.7 Å². The van der Waals surface area contributed by atoms with Crippen molar-refractivity contribution in [2.24, 2.45) is 10.8 Å². The highest BCUT2D eigenvalue weighted by molar-refractivity contribution is 7.86. The van der Waals surface area contributed by atoms with Crippen molar-refractivity contribution in [1.29, 1.82) is 5.41 Å². The van der Waals surface area contributed by atoms with Crippen molar-refractivity contribution in [1.82, 2.24) is 5.17 Å². The Labute approximate surface area is 149 Å². The summed E-state index contributed by atoms with van der Waals surface area (Å²) in [5, 5.41) is 22.1. The van der Waals surface area contributed by atoms with Gasteiger partial charge in [0.2, 0.25) is 5.96 Å². The molecule has 0 fully saturated rings. The van der Waals surface area contributed by atoms with Crippen LogP contribution in [0.3, 0.4) is 0 Å². The number of hydrogen-bond acceptors (Lipinski definition) is 7. The van der Waals surface area contributed by atoms with E-state index in [1.807, 2.05) is 0 Å². The average molecular weight is 377 g/mol. The van der Waals surface area contributed by atoms with Gasteiger partial charge in [0.25, 0.3) is 5.69 Å². The summed E-state index contributed by atoms with van der Waals surface area (Å²) in [7, 11) is -4.26. The molecule has 0 aliphatic heterocycles. The van der Waals surface area contributed by atoms with Crippen molar-refractivity contribution >= 4 is 28.0 Å². The van der Waals surface area contributed by atoms with Crippen LogP contribution in [0.4, 0.5) is 5.69 Å². The Bertz CT molecular complexity index is 957. The van der Waals surface area contributed by atoms with E-state index in [1.54, 1.807) is 19.1 Å². The molecule has 0 saturated carbocycles. The SMILES string of the molecule is Cc1ccc(S(=O)(=O)ON(N=Cc2cccc([N+](=O)[O-])c2)C(=N)N)cc1. The van der Waals surface area contributed by atoms with E-state index >= 15 is 0 Å². The normalized spacial score (nSPS) is 11.4. The number of rotatable bonds is 6. The molecule has 0 unspecified atom stereocenters. The maximum Gasteiger partial charge on any atom is 0.319 e. The Morgan fingerprint density at radius 2 is 1.96 bits per heavy atom. The molecule has 11 heteroatoms. The molecular formula is C15H15N5O5S. The Morgan fingerprint density at radius 1 is 1.31 bits per heavy atom. The van der Waals surface area contributed by atoms with Crippen molar-refractivity contribution in [2.45, 2.75) is 11.8 Å². The van der Waals surface area contributed by atoms with Gasteiger partial charge in [-0.15, -0.1) is 9.39 Å². The van der Waals surface area contributed by atoms with Crippen molar-refractivity contribution < 1.29 is 17.6 Å². The number of benzene rings is 2.